The van der Waals surface area contributed by atoms with Gasteiger partial charge in [-0.2, -0.15) is 10.2 Å². The predicted molar refractivity (Wildman–Crippen MR) is 107 cm³/mol. The quantitative estimate of drug-likeness (QED) is 0.478. The second-order valence-corrected chi connectivity index (χ2v) is 7.60. The molecule has 0 saturated carbocycles. The highest BCUT2D eigenvalue weighted by molar-refractivity contribution is 7.15. The molecule has 0 aliphatic rings. The number of aryl methyl sites for hydroxylation is 1. The van der Waals surface area contributed by atoms with Crippen LogP contribution in [0.2, 0.25) is 0 Å². The van der Waals surface area contributed by atoms with Gasteiger partial charge >= 0.3 is 0 Å². The van der Waals surface area contributed by atoms with Crippen molar-refractivity contribution >= 4 is 22.3 Å². The Hall–Kier alpha value is -3.14. The normalized spacial score (nSPS) is 12.4. The van der Waals surface area contributed by atoms with Crippen LogP contribution in [0.25, 0.3) is 0 Å². The van der Waals surface area contributed by atoms with Crippen molar-refractivity contribution in [2.75, 3.05) is 5.32 Å². The molecule has 0 aliphatic heterocycles. The van der Waals surface area contributed by atoms with Crippen molar-refractivity contribution in [1.82, 2.24) is 29.8 Å². The van der Waals surface area contributed by atoms with E-state index in [0.717, 1.165) is 5.56 Å². The number of hydrogen-bond acceptors (Lipinski definition) is 6. The minimum atomic E-state index is -2.60. The average molecular weight is 415 g/mol. The largest absolute Gasteiger partial charge is 0.313 e. The van der Waals surface area contributed by atoms with Crippen LogP contribution in [0.1, 0.15) is 41.3 Å². The molecule has 1 aromatic carbocycles. The summed E-state index contributed by atoms with van der Waals surface area (Å²) in [6.45, 7) is 4.27. The summed E-state index contributed by atoms with van der Waals surface area (Å²) in [6.07, 6.45) is -0.710. The topological polar surface area (TPSA) is 73.5 Å². The maximum absolute atomic E-state index is 12.9. The molecule has 0 fully saturated rings. The number of anilines is 2. The van der Waals surface area contributed by atoms with Crippen molar-refractivity contribution in [3.05, 3.63) is 70.6 Å². The van der Waals surface area contributed by atoms with Gasteiger partial charge in [-0.1, -0.05) is 41.7 Å². The molecule has 29 heavy (non-hydrogen) atoms. The summed E-state index contributed by atoms with van der Waals surface area (Å²) in [4.78, 5) is 0. The average Bonchev–Trinajstić information content (AvgIpc) is 3.43. The summed E-state index contributed by atoms with van der Waals surface area (Å²) < 4.78 is 29.2. The number of nitrogens with zero attached hydrogens (tertiary/aromatic N) is 6. The Labute approximate surface area is 170 Å². The molecule has 4 rings (SSSR count). The molecule has 0 unspecified atom stereocenters. The molecule has 0 spiro atoms. The highest BCUT2D eigenvalue weighted by Crippen LogP contribution is 2.28. The third kappa shape index (κ3) is 4.32. The molecule has 3 aromatic heterocycles. The predicted octanol–water partition coefficient (Wildman–Crippen LogP) is 4.58. The number of hydrogen-bond donors (Lipinski definition) is 1. The Kier molecular flexibility index (Phi) is 5.34. The summed E-state index contributed by atoms with van der Waals surface area (Å²) in [5.41, 5.74) is 1.57. The Morgan fingerprint density at radius 2 is 1.90 bits per heavy atom. The third-order valence-corrected chi connectivity index (χ3v) is 5.40. The number of benzene rings is 1. The summed E-state index contributed by atoms with van der Waals surface area (Å²) in [5.74, 6) is 0.659. The SMILES string of the molecule is Cc1cc(C(F)F)nn1[C@H](C)c1nnc(Nc2ccn(Cc3ccccc3)n2)s1. The number of rotatable bonds is 7. The molecule has 10 heteroatoms. The number of aromatic nitrogens is 6. The van der Waals surface area contributed by atoms with Crippen LogP contribution < -0.4 is 5.32 Å². The summed E-state index contributed by atoms with van der Waals surface area (Å²) in [5, 5.41) is 21.2. The summed E-state index contributed by atoms with van der Waals surface area (Å²) >= 11 is 1.34. The monoisotopic (exact) mass is 415 g/mol. The molecule has 0 saturated heterocycles. The van der Waals surface area contributed by atoms with Crippen LogP contribution in [0.15, 0.2) is 48.7 Å². The van der Waals surface area contributed by atoms with Crippen LogP contribution in [0, 0.1) is 6.92 Å². The first-order valence-corrected chi connectivity index (χ1v) is 9.83. The molecule has 1 atom stereocenters. The van der Waals surface area contributed by atoms with Gasteiger partial charge in [0.1, 0.15) is 16.7 Å². The minimum absolute atomic E-state index is 0.235. The second kappa shape index (κ2) is 8.08. The van der Waals surface area contributed by atoms with Crippen LogP contribution in [-0.2, 0) is 6.54 Å². The van der Waals surface area contributed by atoms with E-state index in [1.54, 1.807) is 11.6 Å². The van der Waals surface area contributed by atoms with Gasteiger partial charge in [-0.25, -0.2) is 8.78 Å². The van der Waals surface area contributed by atoms with Crippen LogP contribution in [0.4, 0.5) is 19.7 Å². The summed E-state index contributed by atoms with van der Waals surface area (Å²) in [6, 6.07) is 13.0. The minimum Gasteiger partial charge on any atom is -0.313 e. The van der Waals surface area contributed by atoms with Gasteiger partial charge in [-0.05, 0) is 25.5 Å². The molecule has 0 bridgehead atoms. The van der Waals surface area contributed by atoms with Crippen LogP contribution >= 0.6 is 11.3 Å². The molecule has 0 radical (unpaired) electrons. The van der Waals surface area contributed by atoms with Gasteiger partial charge < -0.3 is 5.32 Å². The van der Waals surface area contributed by atoms with Crippen molar-refractivity contribution in [3.8, 4) is 0 Å². The second-order valence-electron chi connectivity index (χ2n) is 6.59. The molecule has 0 aliphatic carbocycles. The molecule has 150 valence electrons. The molecular weight excluding hydrogens is 396 g/mol. The van der Waals surface area contributed by atoms with E-state index in [-0.39, 0.29) is 11.7 Å². The van der Waals surface area contributed by atoms with E-state index in [1.165, 1.54) is 17.4 Å². The number of alkyl halides is 2. The van der Waals surface area contributed by atoms with E-state index in [4.69, 9.17) is 0 Å². The first-order chi connectivity index (χ1) is 14.0. The lowest BCUT2D eigenvalue weighted by molar-refractivity contribution is 0.145. The van der Waals surface area contributed by atoms with Gasteiger partial charge in [0, 0.05) is 18.0 Å². The van der Waals surface area contributed by atoms with Gasteiger partial charge in [0.15, 0.2) is 5.82 Å². The zero-order valence-electron chi connectivity index (χ0n) is 15.8. The van der Waals surface area contributed by atoms with Crippen molar-refractivity contribution in [2.24, 2.45) is 0 Å². The Morgan fingerprint density at radius 1 is 1.10 bits per heavy atom. The number of halogens is 2. The maximum atomic E-state index is 12.9. The Bertz CT molecular complexity index is 1090. The Morgan fingerprint density at radius 3 is 2.62 bits per heavy atom. The lowest BCUT2D eigenvalue weighted by Crippen LogP contribution is -2.10. The van der Waals surface area contributed by atoms with Gasteiger partial charge in [-0.15, -0.1) is 10.2 Å². The van der Waals surface area contributed by atoms with Crippen molar-refractivity contribution < 1.29 is 8.78 Å². The van der Waals surface area contributed by atoms with Crippen molar-refractivity contribution in [2.45, 2.75) is 32.9 Å². The fourth-order valence-electron chi connectivity index (χ4n) is 2.97. The molecular formula is C19H19F2N7S. The molecule has 4 aromatic rings. The van der Waals surface area contributed by atoms with E-state index in [9.17, 15) is 8.78 Å². The van der Waals surface area contributed by atoms with E-state index in [2.05, 4.69) is 25.7 Å². The van der Waals surface area contributed by atoms with Gasteiger partial charge in [0.2, 0.25) is 5.13 Å². The first kappa shape index (κ1) is 19.2. The molecule has 1 N–H and O–H groups in total. The van der Waals surface area contributed by atoms with Crippen LogP contribution in [0.5, 0.6) is 0 Å². The molecule has 0 amide bonds. The zero-order chi connectivity index (χ0) is 20.4. The van der Waals surface area contributed by atoms with E-state index >= 15 is 0 Å². The fourth-order valence-corrected chi connectivity index (χ4v) is 3.75. The smallest absolute Gasteiger partial charge is 0.282 e. The van der Waals surface area contributed by atoms with Crippen molar-refractivity contribution in [3.63, 3.8) is 0 Å². The van der Waals surface area contributed by atoms with Crippen LogP contribution in [0.3, 0.4) is 0 Å². The van der Waals surface area contributed by atoms with E-state index in [1.807, 2.05) is 54.2 Å². The standard InChI is InChI=1S/C19H19F2N7S/c1-12-10-15(17(20)21)25-28(12)13(2)18-23-24-19(29-18)22-16-8-9-27(26-16)11-14-6-4-3-5-7-14/h3-10,13,17H,11H2,1-2H3,(H,22,24,26)/t13-/m1/s1. The van der Waals surface area contributed by atoms with Gasteiger partial charge in [-0.3, -0.25) is 9.36 Å². The molecule has 7 nitrogen and oxygen atoms in total. The fraction of sp³-hybridized carbons (Fsp3) is 0.263. The lowest BCUT2D eigenvalue weighted by Gasteiger charge is -2.10. The lowest BCUT2D eigenvalue weighted by atomic mass is 10.2. The highest BCUT2D eigenvalue weighted by Gasteiger charge is 2.20. The van der Waals surface area contributed by atoms with E-state index in [0.29, 0.717) is 28.2 Å². The molecule has 3 heterocycles. The Balaban J connectivity index is 1.44. The maximum Gasteiger partial charge on any atom is 0.282 e. The third-order valence-electron chi connectivity index (χ3n) is 4.39. The van der Waals surface area contributed by atoms with E-state index < -0.39 is 6.43 Å². The van der Waals surface area contributed by atoms with Crippen LogP contribution in [-0.4, -0.2) is 29.8 Å². The van der Waals surface area contributed by atoms with Crippen molar-refractivity contribution in [1.29, 1.82) is 0 Å². The highest BCUT2D eigenvalue weighted by atomic mass is 32.1. The summed E-state index contributed by atoms with van der Waals surface area (Å²) in [7, 11) is 0. The number of nitrogens with one attached hydrogen (secondary N) is 1. The zero-order valence-corrected chi connectivity index (χ0v) is 16.6. The van der Waals surface area contributed by atoms with Gasteiger partial charge in [0.25, 0.3) is 6.43 Å². The van der Waals surface area contributed by atoms with Gasteiger partial charge in [0.05, 0.1) is 6.54 Å². The first-order valence-electron chi connectivity index (χ1n) is 9.01.